The molecule has 0 saturated heterocycles. The second-order valence-corrected chi connectivity index (χ2v) is 11.3. The zero-order valence-electron chi connectivity index (χ0n) is 23.3. The van der Waals surface area contributed by atoms with E-state index in [4.69, 9.17) is 14.7 Å². The molecule has 0 atom stereocenters. The lowest BCUT2D eigenvalue weighted by molar-refractivity contribution is 0.480. The van der Waals surface area contributed by atoms with Crippen molar-refractivity contribution in [3.63, 3.8) is 0 Å². The maximum absolute atomic E-state index is 6.37. The SMILES string of the molecule is CC(C)c1ccc2c3ncc(Oc4cnc5c6ccc(C(C)C)cc6n6ccnc6c5c4)cc3c3nccn3c2c1. The summed E-state index contributed by atoms with van der Waals surface area (Å²) in [5, 5.41) is 4.05. The van der Waals surface area contributed by atoms with E-state index in [2.05, 4.69) is 82.9 Å². The Bertz CT molecular complexity index is 2150. The van der Waals surface area contributed by atoms with Crippen LogP contribution in [0.5, 0.6) is 11.5 Å². The van der Waals surface area contributed by atoms with Crippen molar-refractivity contribution in [2.24, 2.45) is 0 Å². The third-order valence-electron chi connectivity index (χ3n) is 8.13. The molecule has 41 heavy (non-hydrogen) atoms. The van der Waals surface area contributed by atoms with Crippen molar-refractivity contribution in [2.45, 2.75) is 39.5 Å². The first-order chi connectivity index (χ1) is 20.0. The number of imidazole rings is 2. The number of fused-ring (bicyclic) bond motifs is 12. The van der Waals surface area contributed by atoms with Crippen molar-refractivity contribution in [3.8, 4) is 11.5 Å². The van der Waals surface area contributed by atoms with Gasteiger partial charge < -0.3 is 4.74 Å². The number of hydrogen-bond donors (Lipinski definition) is 0. The molecule has 6 heterocycles. The molecule has 0 unspecified atom stereocenters. The van der Waals surface area contributed by atoms with Gasteiger partial charge in [-0.15, -0.1) is 0 Å². The highest BCUT2D eigenvalue weighted by molar-refractivity contribution is 6.11. The van der Waals surface area contributed by atoms with Crippen LogP contribution in [-0.4, -0.2) is 28.7 Å². The van der Waals surface area contributed by atoms with Gasteiger partial charge in [-0.1, -0.05) is 52.0 Å². The van der Waals surface area contributed by atoms with Crippen molar-refractivity contribution in [1.29, 1.82) is 0 Å². The molecule has 0 aliphatic rings. The summed E-state index contributed by atoms with van der Waals surface area (Å²) in [5.41, 5.74) is 8.31. The first-order valence-corrected chi connectivity index (χ1v) is 14.0. The zero-order chi connectivity index (χ0) is 27.8. The fraction of sp³-hybridized carbons (Fsp3) is 0.176. The van der Waals surface area contributed by atoms with Crippen molar-refractivity contribution < 1.29 is 4.74 Å². The Balaban J connectivity index is 1.26. The topological polar surface area (TPSA) is 69.6 Å². The highest BCUT2D eigenvalue weighted by atomic mass is 16.5. The molecular formula is C34H28N6O. The number of aromatic nitrogens is 6. The predicted molar refractivity (Wildman–Crippen MR) is 164 cm³/mol. The van der Waals surface area contributed by atoms with Gasteiger partial charge in [0, 0.05) is 46.3 Å². The molecule has 200 valence electrons. The first kappa shape index (κ1) is 23.8. The van der Waals surface area contributed by atoms with Crippen LogP contribution < -0.4 is 4.74 Å². The second kappa shape index (κ2) is 8.73. The van der Waals surface area contributed by atoms with Gasteiger partial charge in [0.15, 0.2) is 0 Å². The number of rotatable bonds is 4. The van der Waals surface area contributed by atoms with Gasteiger partial charge in [0.2, 0.25) is 0 Å². The molecule has 8 aromatic rings. The predicted octanol–water partition coefficient (Wildman–Crippen LogP) is 8.42. The summed E-state index contributed by atoms with van der Waals surface area (Å²) in [4.78, 5) is 19.1. The van der Waals surface area contributed by atoms with Gasteiger partial charge in [-0.2, -0.15) is 0 Å². The largest absolute Gasteiger partial charge is 0.454 e. The van der Waals surface area contributed by atoms with E-state index in [1.54, 1.807) is 12.4 Å². The third-order valence-corrected chi connectivity index (χ3v) is 8.13. The number of pyridine rings is 4. The Morgan fingerprint density at radius 1 is 0.561 bits per heavy atom. The molecule has 2 aromatic carbocycles. The summed E-state index contributed by atoms with van der Waals surface area (Å²) in [7, 11) is 0. The Morgan fingerprint density at radius 2 is 1.02 bits per heavy atom. The van der Waals surface area contributed by atoms with Crippen LogP contribution in [0.1, 0.15) is 50.7 Å². The minimum Gasteiger partial charge on any atom is -0.454 e. The van der Waals surface area contributed by atoms with Gasteiger partial charge in [0.1, 0.15) is 22.8 Å². The molecule has 8 rings (SSSR count). The summed E-state index contributed by atoms with van der Waals surface area (Å²) in [6.07, 6.45) is 11.2. The third kappa shape index (κ3) is 3.58. The van der Waals surface area contributed by atoms with Gasteiger partial charge >= 0.3 is 0 Å². The van der Waals surface area contributed by atoms with E-state index in [-0.39, 0.29) is 0 Å². The zero-order valence-corrected chi connectivity index (χ0v) is 23.3. The lowest BCUT2D eigenvalue weighted by atomic mass is 10.0. The normalized spacial score (nSPS) is 12.3. The van der Waals surface area contributed by atoms with E-state index in [9.17, 15) is 0 Å². The van der Waals surface area contributed by atoms with E-state index in [1.807, 2.05) is 36.9 Å². The van der Waals surface area contributed by atoms with Crippen molar-refractivity contribution >= 4 is 54.9 Å². The molecule has 0 aliphatic heterocycles. The molecule has 0 bridgehead atoms. The molecule has 7 nitrogen and oxygen atoms in total. The average Bonchev–Trinajstić information content (AvgIpc) is 3.68. The van der Waals surface area contributed by atoms with E-state index in [1.165, 1.54) is 11.1 Å². The molecule has 0 saturated carbocycles. The summed E-state index contributed by atoms with van der Waals surface area (Å²) in [6.45, 7) is 8.83. The van der Waals surface area contributed by atoms with Gasteiger partial charge in [0.05, 0.1) is 34.5 Å². The first-order valence-electron chi connectivity index (χ1n) is 14.0. The van der Waals surface area contributed by atoms with Crippen molar-refractivity contribution in [3.05, 3.63) is 96.8 Å². The lowest BCUT2D eigenvalue weighted by Crippen LogP contribution is -1.97. The van der Waals surface area contributed by atoms with Crippen LogP contribution in [0.15, 0.2) is 85.7 Å². The smallest absolute Gasteiger partial charge is 0.146 e. The van der Waals surface area contributed by atoms with Crippen LogP contribution in [0.3, 0.4) is 0 Å². The van der Waals surface area contributed by atoms with Gasteiger partial charge in [-0.25, -0.2) is 9.97 Å². The Morgan fingerprint density at radius 3 is 1.46 bits per heavy atom. The molecule has 0 spiro atoms. The van der Waals surface area contributed by atoms with E-state index >= 15 is 0 Å². The standard InChI is InChI=1S/C34H28N6O/c1-19(2)21-5-7-25-29(13-21)39-11-9-35-33(39)27-15-23(17-37-31(25)27)41-24-16-28-32(38-18-24)26-8-6-22(20(3)4)14-30(26)40-12-10-36-34(28)40/h5-20H,1-4H3. The molecule has 0 aliphatic carbocycles. The second-order valence-electron chi connectivity index (χ2n) is 11.3. The number of hydrogen-bond acceptors (Lipinski definition) is 5. The molecule has 6 aromatic heterocycles. The number of ether oxygens (including phenoxy) is 1. The highest BCUT2D eigenvalue weighted by Crippen LogP contribution is 2.35. The van der Waals surface area contributed by atoms with Gasteiger partial charge in [-0.3, -0.25) is 18.8 Å². The van der Waals surface area contributed by atoms with E-state index < -0.39 is 0 Å². The monoisotopic (exact) mass is 536 g/mol. The fourth-order valence-corrected chi connectivity index (χ4v) is 5.92. The van der Waals surface area contributed by atoms with Crippen LogP contribution in [0.25, 0.3) is 54.9 Å². The Kier molecular flexibility index (Phi) is 5.07. The summed E-state index contributed by atoms with van der Waals surface area (Å²) in [6, 6.07) is 17.2. The molecular weight excluding hydrogens is 508 g/mol. The number of nitrogens with zero attached hydrogens (tertiary/aromatic N) is 6. The quantitative estimate of drug-likeness (QED) is 0.211. The van der Waals surface area contributed by atoms with Crippen LogP contribution in [-0.2, 0) is 0 Å². The maximum atomic E-state index is 6.37. The van der Waals surface area contributed by atoms with Crippen molar-refractivity contribution in [1.82, 2.24) is 28.7 Å². The average molecular weight is 537 g/mol. The molecule has 0 N–H and O–H groups in total. The highest BCUT2D eigenvalue weighted by Gasteiger charge is 2.16. The fourth-order valence-electron chi connectivity index (χ4n) is 5.92. The van der Waals surface area contributed by atoms with E-state index in [0.29, 0.717) is 23.3 Å². The lowest BCUT2D eigenvalue weighted by Gasteiger charge is -2.13. The van der Waals surface area contributed by atoms with Gasteiger partial charge in [0.25, 0.3) is 0 Å². The maximum Gasteiger partial charge on any atom is 0.146 e. The Hall–Kier alpha value is -5.04. The van der Waals surface area contributed by atoms with Crippen LogP contribution in [0.4, 0.5) is 0 Å². The minimum atomic E-state index is 0.437. The summed E-state index contributed by atoms with van der Waals surface area (Å²) < 4.78 is 10.6. The van der Waals surface area contributed by atoms with Crippen LogP contribution in [0.2, 0.25) is 0 Å². The summed E-state index contributed by atoms with van der Waals surface area (Å²) in [5.74, 6) is 2.13. The number of benzene rings is 2. The van der Waals surface area contributed by atoms with Gasteiger partial charge in [-0.05, 0) is 47.2 Å². The molecule has 7 heteroatoms. The molecule has 0 amide bonds. The van der Waals surface area contributed by atoms with Crippen LogP contribution >= 0.6 is 0 Å². The Labute approximate surface area is 236 Å². The molecule has 0 fully saturated rings. The minimum absolute atomic E-state index is 0.437. The van der Waals surface area contributed by atoms with Crippen molar-refractivity contribution in [2.75, 3.05) is 0 Å². The van der Waals surface area contributed by atoms with E-state index in [0.717, 1.165) is 54.9 Å². The summed E-state index contributed by atoms with van der Waals surface area (Å²) >= 11 is 0. The molecule has 0 radical (unpaired) electrons. The van der Waals surface area contributed by atoms with Crippen LogP contribution in [0, 0.1) is 0 Å².